The van der Waals surface area contributed by atoms with E-state index in [1.54, 1.807) is 0 Å². The molecule has 2 saturated heterocycles. The van der Waals surface area contributed by atoms with Crippen LogP contribution in [0.25, 0.3) is 0 Å². The second-order valence-electron chi connectivity index (χ2n) is 6.26. The fourth-order valence-corrected chi connectivity index (χ4v) is 3.51. The Bertz CT molecular complexity index is 491. The van der Waals surface area contributed by atoms with E-state index < -0.39 is 0 Å². The quantitative estimate of drug-likeness (QED) is 0.829. The number of para-hydroxylation sites is 1. The molecule has 0 amide bonds. The van der Waals surface area contributed by atoms with Gasteiger partial charge in [-0.1, -0.05) is 18.2 Å². The molecule has 0 bridgehead atoms. The number of piperidine rings is 1. The predicted octanol–water partition coefficient (Wildman–Crippen LogP) is 1.80. The largest absolute Gasteiger partial charge is 0.371 e. The van der Waals surface area contributed by atoms with Crippen LogP contribution in [-0.2, 0) is 0 Å². The number of nitrogens with zero attached hydrogens (tertiary/aromatic N) is 4. The van der Waals surface area contributed by atoms with Gasteiger partial charge in [-0.3, -0.25) is 4.90 Å². The van der Waals surface area contributed by atoms with Gasteiger partial charge in [0.15, 0.2) is 0 Å². The van der Waals surface area contributed by atoms with Crippen LogP contribution in [0.4, 0.5) is 5.69 Å². The smallest absolute Gasteiger partial charge is 0.112 e. The van der Waals surface area contributed by atoms with Gasteiger partial charge in [0.1, 0.15) is 5.54 Å². The Hall–Kier alpha value is -1.57. The summed E-state index contributed by atoms with van der Waals surface area (Å²) in [4.78, 5) is 7.18. The molecule has 0 aliphatic carbocycles. The fraction of sp³-hybridized carbons (Fsp3) is 0.588. The summed E-state index contributed by atoms with van der Waals surface area (Å²) in [6, 6.07) is 13.2. The first-order chi connectivity index (χ1) is 10.2. The van der Waals surface area contributed by atoms with Crippen molar-refractivity contribution in [3.05, 3.63) is 30.3 Å². The van der Waals surface area contributed by atoms with Gasteiger partial charge in [-0.15, -0.1) is 0 Å². The van der Waals surface area contributed by atoms with E-state index in [-0.39, 0.29) is 5.54 Å². The van der Waals surface area contributed by atoms with Crippen LogP contribution in [0.5, 0.6) is 0 Å². The second-order valence-corrected chi connectivity index (χ2v) is 6.26. The minimum absolute atomic E-state index is 0.244. The number of piperazine rings is 1. The Morgan fingerprint density at radius 2 is 1.57 bits per heavy atom. The van der Waals surface area contributed by atoms with E-state index >= 15 is 0 Å². The summed E-state index contributed by atoms with van der Waals surface area (Å²) in [6.45, 7) is 6.15. The summed E-state index contributed by atoms with van der Waals surface area (Å²) in [6.07, 6.45) is 1.89. The number of nitriles is 1. The molecular formula is C17H24N4. The van der Waals surface area contributed by atoms with Crippen molar-refractivity contribution in [2.45, 2.75) is 18.4 Å². The SMILES string of the molecule is CN1CCN(C2(C#N)CCN(c3ccccc3)CC2)CC1. The molecule has 0 spiro atoms. The van der Waals surface area contributed by atoms with Crippen molar-refractivity contribution >= 4 is 5.69 Å². The van der Waals surface area contributed by atoms with E-state index in [1.807, 2.05) is 0 Å². The maximum absolute atomic E-state index is 9.79. The third-order valence-corrected chi connectivity index (χ3v) is 5.03. The fourth-order valence-electron chi connectivity index (χ4n) is 3.51. The standard InChI is InChI=1S/C17H24N4/c1-19-11-13-21(14-12-19)17(15-18)7-9-20(10-8-17)16-5-3-2-4-6-16/h2-6H,7-14H2,1H3. The van der Waals surface area contributed by atoms with E-state index in [0.29, 0.717) is 0 Å². The van der Waals surface area contributed by atoms with Crippen molar-refractivity contribution in [1.82, 2.24) is 9.80 Å². The Kier molecular flexibility index (Phi) is 4.14. The Morgan fingerprint density at radius 3 is 2.14 bits per heavy atom. The van der Waals surface area contributed by atoms with Crippen LogP contribution in [0.1, 0.15) is 12.8 Å². The third-order valence-electron chi connectivity index (χ3n) is 5.03. The van der Waals surface area contributed by atoms with Gasteiger partial charge in [-0.05, 0) is 32.0 Å². The van der Waals surface area contributed by atoms with Gasteiger partial charge in [0, 0.05) is 45.0 Å². The van der Waals surface area contributed by atoms with Crippen molar-refractivity contribution in [1.29, 1.82) is 5.26 Å². The Morgan fingerprint density at radius 1 is 0.952 bits per heavy atom. The van der Waals surface area contributed by atoms with Gasteiger partial charge >= 0.3 is 0 Å². The lowest BCUT2D eigenvalue weighted by molar-refractivity contribution is 0.0581. The molecule has 0 atom stereocenters. The zero-order valence-corrected chi connectivity index (χ0v) is 12.8. The molecule has 0 N–H and O–H groups in total. The van der Waals surface area contributed by atoms with E-state index in [9.17, 15) is 5.26 Å². The minimum Gasteiger partial charge on any atom is -0.371 e. The highest BCUT2D eigenvalue weighted by atomic mass is 15.3. The number of hydrogen-bond donors (Lipinski definition) is 0. The number of anilines is 1. The van der Waals surface area contributed by atoms with Crippen LogP contribution in [0.2, 0.25) is 0 Å². The summed E-state index contributed by atoms with van der Waals surface area (Å²) >= 11 is 0. The lowest BCUT2D eigenvalue weighted by Crippen LogP contribution is -2.59. The van der Waals surface area contributed by atoms with Gasteiger partial charge in [-0.2, -0.15) is 5.26 Å². The zero-order valence-electron chi connectivity index (χ0n) is 12.8. The van der Waals surface area contributed by atoms with Gasteiger partial charge in [0.05, 0.1) is 6.07 Å². The van der Waals surface area contributed by atoms with E-state index in [1.165, 1.54) is 5.69 Å². The average Bonchev–Trinajstić information content (AvgIpc) is 2.56. The van der Waals surface area contributed by atoms with Gasteiger partial charge in [0.2, 0.25) is 0 Å². The molecule has 4 heteroatoms. The monoisotopic (exact) mass is 284 g/mol. The molecule has 0 radical (unpaired) electrons. The maximum atomic E-state index is 9.79. The van der Waals surface area contributed by atoms with Gasteiger partial charge in [0.25, 0.3) is 0 Å². The first kappa shape index (κ1) is 14.4. The number of likely N-dealkylation sites (N-methyl/N-ethyl adjacent to an activating group) is 1. The van der Waals surface area contributed by atoms with Crippen LogP contribution in [0.15, 0.2) is 30.3 Å². The van der Waals surface area contributed by atoms with Crippen molar-refractivity contribution in [3.8, 4) is 6.07 Å². The van der Waals surface area contributed by atoms with Crippen LogP contribution < -0.4 is 4.90 Å². The normalized spacial score (nSPS) is 23.7. The third kappa shape index (κ3) is 2.90. The highest BCUT2D eigenvalue weighted by Gasteiger charge is 2.41. The molecule has 2 heterocycles. The second kappa shape index (κ2) is 6.05. The highest BCUT2D eigenvalue weighted by Crippen LogP contribution is 2.31. The predicted molar refractivity (Wildman–Crippen MR) is 85.3 cm³/mol. The molecule has 112 valence electrons. The molecule has 2 aliphatic rings. The van der Waals surface area contributed by atoms with Crippen molar-refractivity contribution in [2.24, 2.45) is 0 Å². The number of hydrogen-bond acceptors (Lipinski definition) is 4. The van der Waals surface area contributed by atoms with Crippen molar-refractivity contribution < 1.29 is 0 Å². The van der Waals surface area contributed by atoms with Gasteiger partial charge < -0.3 is 9.80 Å². The Balaban J connectivity index is 1.66. The maximum Gasteiger partial charge on any atom is 0.112 e. The Labute approximate surface area is 127 Å². The van der Waals surface area contributed by atoms with Crippen LogP contribution in [-0.4, -0.2) is 61.7 Å². The summed E-state index contributed by atoms with van der Waals surface area (Å²) in [7, 11) is 2.16. The lowest BCUT2D eigenvalue weighted by atomic mass is 9.86. The van der Waals surface area contributed by atoms with E-state index in [4.69, 9.17) is 0 Å². The van der Waals surface area contributed by atoms with Crippen molar-refractivity contribution in [3.63, 3.8) is 0 Å². The summed E-state index contributed by atoms with van der Waals surface area (Å²) < 4.78 is 0. The molecule has 1 aromatic rings. The van der Waals surface area contributed by atoms with E-state index in [2.05, 4.69) is 58.1 Å². The lowest BCUT2D eigenvalue weighted by Gasteiger charge is -2.47. The topological polar surface area (TPSA) is 33.5 Å². The zero-order chi connectivity index (χ0) is 14.7. The van der Waals surface area contributed by atoms with Crippen LogP contribution in [0.3, 0.4) is 0 Å². The molecule has 3 rings (SSSR count). The first-order valence-corrected chi connectivity index (χ1v) is 7.88. The molecular weight excluding hydrogens is 260 g/mol. The molecule has 21 heavy (non-hydrogen) atoms. The van der Waals surface area contributed by atoms with Gasteiger partial charge in [-0.25, -0.2) is 0 Å². The molecule has 1 aromatic carbocycles. The number of rotatable bonds is 2. The average molecular weight is 284 g/mol. The van der Waals surface area contributed by atoms with Crippen molar-refractivity contribution in [2.75, 3.05) is 51.2 Å². The highest BCUT2D eigenvalue weighted by molar-refractivity contribution is 5.47. The number of benzene rings is 1. The first-order valence-electron chi connectivity index (χ1n) is 7.88. The summed E-state index contributed by atoms with van der Waals surface area (Å²) in [5.41, 5.74) is 1.04. The molecule has 0 unspecified atom stereocenters. The van der Waals surface area contributed by atoms with Crippen LogP contribution >= 0.6 is 0 Å². The molecule has 0 aromatic heterocycles. The van der Waals surface area contributed by atoms with Crippen LogP contribution in [0, 0.1) is 11.3 Å². The molecule has 0 saturated carbocycles. The van der Waals surface area contributed by atoms with E-state index in [0.717, 1.165) is 52.1 Å². The molecule has 2 aliphatic heterocycles. The molecule has 2 fully saturated rings. The summed E-state index contributed by atoms with van der Waals surface area (Å²) in [5, 5.41) is 9.79. The summed E-state index contributed by atoms with van der Waals surface area (Å²) in [5.74, 6) is 0. The molecule has 4 nitrogen and oxygen atoms in total. The minimum atomic E-state index is -0.244.